The second-order valence-corrected chi connectivity index (χ2v) is 7.33. The highest BCUT2D eigenvalue weighted by molar-refractivity contribution is 5.83. The van der Waals surface area contributed by atoms with Crippen LogP contribution >= 0.6 is 0 Å². The number of carbonyl (C=O) groups is 1. The SMILES string of the molecule is Cc1nn(CC(=O)NCC2CCN(c3ccccc3)C2)c(=O)c2ccccc12. The standard InChI is InChI=1S/C22H24N4O2/c1-16-19-9-5-6-10-20(19)22(28)26(24-16)15-21(27)23-13-17-11-12-25(14-17)18-7-3-2-4-8-18/h2-10,17H,11-15H2,1H3,(H,23,27). The number of amides is 1. The van der Waals surface area contributed by atoms with Crippen molar-refractivity contribution in [1.82, 2.24) is 15.1 Å². The lowest BCUT2D eigenvalue weighted by molar-refractivity contribution is -0.122. The maximum atomic E-state index is 12.6. The van der Waals surface area contributed by atoms with E-state index in [1.54, 1.807) is 6.07 Å². The van der Waals surface area contributed by atoms with Crippen molar-refractivity contribution in [3.05, 3.63) is 70.6 Å². The van der Waals surface area contributed by atoms with Crippen LogP contribution in [-0.2, 0) is 11.3 Å². The average molecular weight is 376 g/mol. The molecule has 2 aromatic carbocycles. The zero-order valence-corrected chi connectivity index (χ0v) is 16.0. The molecule has 1 amide bonds. The quantitative estimate of drug-likeness (QED) is 0.742. The molecule has 1 fully saturated rings. The summed E-state index contributed by atoms with van der Waals surface area (Å²) in [6.07, 6.45) is 1.04. The number of hydrogen-bond acceptors (Lipinski definition) is 4. The van der Waals surface area contributed by atoms with E-state index in [-0.39, 0.29) is 18.0 Å². The number of para-hydroxylation sites is 1. The van der Waals surface area contributed by atoms with Crippen molar-refractivity contribution in [3.8, 4) is 0 Å². The van der Waals surface area contributed by atoms with Crippen LogP contribution in [0.25, 0.3) is 10.8 Å². The number of benzene rings is 2. The van der Waals surface area contributed by atoms with Crippen LogP contribution in [-0.4, -0.2) is 35.3 Å². The highest BCUT2D eigenvalue weighted by atomic mass is 16.2. The van der Waals surface area contributed by atoms with Gasteiger partial charge in [-0.3, -0.25) is 9.59 Å². The minimum Gasteiger partial charge on any atom is -0.371 e. The second kappa shape index (κ2) is 7.84. The van der Waals surface area contributed by atoms with Gasteiger partial charge in [-0.1, -0.05) is 36.4 Å². The summed E-state index contributed by atoms with van der Waals surface area (Å²) in [4.78, 5) is 27.3. The van der Waals surface area contributed by atoms with Gasteiger partial charge in [0.15, 0.2) is 0 Å². The molecule has 28 heavy (non-hydrogen) atoms. The van der Waals surface area contributed by atoms with E-state index in [0.717, 1.165) is 30.6 Å². The Labute approximate surface area is 163 Å². The molecule has 4 rings (SSSR count). The van der Waals surface area contributed by atoms with Gasteiger partial charge < -0.3 is 10.2 Å². The number of carbonyl (C=O) groups excluding carboxylic acids is 1. The summed E-state index contributed by atoms with van der Waals surface area (Å²) in [6.45, 7) is 4.34. The molecule has 1 saturated heterocycles. The number of rotatable bonds is 5. The molecule has 0 saturated carbocycles. The molecule has 1 aliphatic rings. The molecule has 0 radical (unpaired) electrons. The predicted molar refractivity (Wildman–Crippen MR) is 111 cm³/mol. The third-order valence-corrected chi connectivity index (χ3v) is 5.34. The van der Waals surface area contributed by atoms with Gasteiger partial charge in [0.1, 0.15) is 6.54 Å². The fraction of sp³-hybridized carbons (Fsp3) is 0.318. The van der Waals surface area contributed by atoms with E-state index in [1.165, 1.54) is 10.4 Å². The molecule has 6 heteroatoms. The van der Waals surface area contributed by atoms with Crippen LogP contribution < -0.4 is 15.8 Å². The van der Waals surface area contributed by atoms with Gasteiger partial charge in [0.05, 0.1) is 11.1 Å². The van der Waals surface area contributed by atoms with Crippen LogP contribution in [0.4, 0.5) is 5.69 Å². The Kier molecular flexibility index (Phi) is 5.10. The monoisotopic (exact) mass is 376 g/mol. The van der Waals surface area contributed by atoms with Gasteiger partial charge in [-0.25, -0.2) is 4.68 Å². The van der Waals surface area contributed by atoms with E-state index < -0.39 is 0 Å². The van der Waals surface area contributed by atoms with E-state index in [4.69, 9.17) is 0 Å². The molecule has 0 spiro atoms. The molecule has 144 valence electrons. The lowest BCUT2D eigenvalue weighted by atomic mass is 10.1. The van der Waals surface area contributed by atoms with Crippen molar-refractivity contribution >= 4 is 22.4 Å². The minimum absolute atomic E-state index is 0.0559. The van der Waals surface area contributed by atoms with Crippen molar-refractivity contribution in [1.29, 1.82) is 0 Å². The Balaban J connectivity index is 1.36. The summed E-state index contributed by atoms with van der Waals surface area (Å²) in [5.41, 5.74) is 1.74. The number of aromatic nitrogens is 2. The van der Waals surface area contributed by atoms with Gasteiger partial charge in [-0.05, 0) is 37.5 Å². The van der Waals surface area contributed by atoms with Gasteiger partial charge in [0, 0.05) is 30.7 Å². The van der Waals surface area contributed by atoms with Crippen LogP contribution in [0.1, 0.15) is 12.1 Å². The average Bonchev–Trinajstić information content (AvgIpc) is 3.20. The van der Waals surface area contributed by atoms with Gasteiger partial charge >= 0.3 is 0 Å². The molecule has 1 atom stereocenters. The molecular formula is C22H24N4O2. The first-order valence-electron chi connectivity index (χ1n) is 9.65. The van der Waals surface area contributed by atoms with Crippen LogP contribution in [0.15, 0.2) is 59.4 Å². The second-order valence-electron chi connectivity index (χ2n) is 7.33. The Morgan fingerprint density at radius 3 is 2.61 bits per heavy atom. The summed E-state index contributed by atoms with van der Waals surface area (Å²) >= 11 is 0. The summed E-state index contributed by atoms with van der Waals surface area (Å²) < 4.78 is 1.26. The van der Waals surface area contributed by atoms with Crippen molar-refractivity contribution < 1.29 is 4.79 Å². The van der Waals surface area contributed by atoms with Crippen LogP contribution in [0, 0.1) is 12.8 Å². The Bertz CT molecular complexity index is 1050. The highest BCUT2D eigenvalue weighted by Crippen LogP contribution is 2.22. The maximum absolute atomic E-state index is 12.6. The molecule has 3 aromatic rings. The number of anilines is 1. The zero-order valence-electron chi connectivity index (χ0n) is 16.0. The van der Waals surface area contributed by atoms with E-state index in [0.29, 0.717) is 17.8 Å². The topological polar surface area (TPSA) is 67.2 Å². The molecule has 1 aliphatic heterocycles. The van der Waals surface area contributed by atoms with Crippen molar-refractivity contribution in [2.75, 3.05) is 24.5 Å². The van der Waals surface area contributed by atoms with Gasteiger partial charge in [-0.2, -0.15) is 5.10 Å². The lowest BCUT2D eigenvalue weighted by Crippen LogP contribution is -2.37. The molecule has 1 unspecified atom stereocenters. The molecule has 0 aliphatic carbocycles. The third kappa shape index (κ3) is 3.76. The molecule has 1 aromatic heterocycles. The van der Waals surface area contributed by atoms with Gasteiger partial charge in [-0.15, -0.1) is 0 Å². The van der Waals surface area contributed by atoms with Gasteiger partial charge in [0.2, 0.25) is 5.91 Å². The molecule has 1 N–H and O–H groups in total. The van der Waals surface area contributed by atoms with Crippen LogP contribution in [0.3, 0.4) is 0 Å². The molecular weight excluding hydrogens is 352 g/mol. The fourth-order valence-electron chi connectivity index (χ4n) is 3.83. The van der Waals surface area contributed by atoms with Crippen LogP contribution in [0.5, 0.6) is 0 Å². The van der Waals surface area contributed by atoms with Crippen molar-refractivity contribution in [2.24, 2.45) is 5.92 Å². The van der Waals surface area contributed by atoms with E-state index >= 15 is 0 Å². The summed E-state index contributed by atoms with van der Waals surface area (Å²) in [5.74, 6) is 0.231. The minimum atomic E-state index is -0.229. The summed E-state index contributed by atoms with van der Waals surface area (Å²) in [7, 11) is 0. The highest BCUT2D eigenvalue weighted by Gasteiger charge is 2.23. The molecule has 6 nitrogen and oxygen atoms in total. The third-order valence-electron chi connectivity index (χ3n) is 5.34. The normalized spacial score (nSPS) is 16.5. The first-order chi connectivity index (χ1) is 13.6. The maximum Gasteiger partial charge on any atom is 0.275 e. The van der Waals surface area contributed by atoms with Crippen molar-refractivity contribution in [2.45, 2.75) is 19.9 Å². The summed E-state index contributed by atoms with van der Waals surface area (Å²) in [6, 6.07) is 17.7. The van der Waals surface area contributed by atoms with Crippen molar-refractivity contribution in [3.63, 3.8) is 0 Å². The fourth-order valence-corrected chi connectivity index (χ4v) is 3.83. The van der Waals surface area contributed by atoms with Gasteiger partial charge in [0.25, 0.3) is 5.56 Å². The number of fused-ring (bicyclic) bond motifs is 1. The first-order valence-corrected chi connectivity index (χ1v) is 9.65. The number of aryl methyl sites for hydroxylation is 1. The first kappa shape index (κ1) is 18.2. The number of hydrogen-bond donors (Lipinski definition) is 1. The largest absolute Gasteiger partial charge is 0.371 e. The van der Waals surface area contributed by atoms with E-state index in [2.05, 4.69) is 27.4 Å². The Morgan fingerprint density at radius 2 is 1.82 bits per heavy atom. The Morgan fingerprint density at radius 1 is 1.11 bits per heavy atom. The zero-order chi connectivity index (χ0) is 19.5. The smallest absolute Gasteiger partial charge is 0.275 e. The number of nitrogens with zero attached hydrogens (tertiary/aromatic N) is 3. The number of nitrogens with one attached hydrogen (secondary N) is 1. The lowest BCUT2D eigenvalue weighted by Gasteiger charge is -2.18. The summed E-state index contributed by atoms with van der Waals surface area (Å²) in [5, 5.41) is 8.71. The molecule has 2 heterocycles. The van der Waals surface area contributed by atoms with E-state index in [1.807, 2.05) is 43.3 Å². The van der Waals surface area contributed by atoms with Crippen LogP contribution in [0.2, 0.25) is 0 Å². The predicted octanol–water partition coefficient (Wildman–Crippen LogP) is 2.35. The Hall–Kier alpha value is -3.15. The van der Waals surface area contributed by atoms with E-state index in [9.17, 15) is 9.59 Å². The molecule has 0 bridgehead atoms.